The summed E-state index contributed by atoms with van der Waals surface area (Å²) >= 11 is 1.51. The quantitative estimate of drug-likeness (QED) is 0.885. The van der Waals surface area contributed by atoms with Crippen molar-refractivity contribution >= 4 is 27.3 Å². The van der Waals surface area contributed by atoms with E-state index in [1.807, 2.05) is 19.1 Å². The van der Waals surface area contributed by atoms with Gasteiger partial charge in [-0.2, -0.15) is 0 Å². The van der Waals surface area contributed by atoms with Gasteiger partial charge in [0.05, 0.1) is 10.5 Å². The van der Waals surface area contributed by atoms with Crippen molar-refractivity contribution in [2.75, 3.05) is 0 Å². The van der Waals surface area contributed by atoms with E-state index in [4.69, 9.17) is 5.11 Å². The number of thiophene rings is 1. The molecule has 0 unspecified atom stereocenters. The second kappa shape index (κ2) is 5.97. The molecular weight excluding hydrogens is 310 g/mol. The van der Waals surface area contributed by atoms with Gasteiger partial charge >= 0.3 is 5.97 Å². The van der Waals surface area contributed by atoms with Crippen molar-refractivity contribution in [2.24, 2.45) is 0 Å². The highest BCUT2D eigenvalue weighted by Crippen LogP contribution is 2.19. The van der Waals surface area contributed by atoms with Crippen LogP contribution in [0.1, 0.15) is 25.7 Å². The second-order valence-electron chi connectivity index (χ2n) is 4.62. The minimum Gasteiger partial charge on any atom is -0.478 e. The van der Waals surface area contributed by atoms with Gasteiger partial charge in [0.25, 0.3) is 0 Å². The minimum atomic E-state index is -3.74. The monoisotopic (exact) mass is 325 g/mol. The molecule has 7 heteroatoms. The number of hydrogen-bond acceptors (Lipinski definition) is 4. The maximum absolute atomic E-state index is 12.3. The molecule has 0 saturated heterocycles. The van der Waals surface area contributed by atoms with Crippen molar-refractivity contribution in [1.29, 1.82) is 0 Å². The molecule has 112 valence electrons. The zero-order chi connectivity index (χ0) is 15.6. The zero-order valence-corrected chi connectivity index (χ0v) is 13.2. The molecule has 0 fully saturated rings. The zero-order valence-electron chi connectivity index (χ0n) is 11.6. The van der Waals surface area contributed by atoms with Crippen LogP contribution in [0.15, 0.2) is 35.2 Å². The molecule has 0 bridgehead atoms. The predicted octanol–water partition coefficient (Wildman–Crippen LogP) is 2.54. The van der Waals surface area contributed by atoms with Crippen LogP contribution in [0.25, 0.3) is 0 Å². The Bertz CT molecular complexity index is 778. The molecule has 2 rings (SSSR count). The van der Waals surface area contributed by atoms with Crippen molar-refractivity contribution in [2.45, 2.75) is 25.3 Å². The highest BCUT2D eigenvalue weighted by Gasteiger charge is 2.19. The molecular formula is C14H15NO4S2. The highest BCUT2D eigenvalue weighted by atomic mass is 32.2. The van der Waals surface area contributed by atoms with E-state index >= 15 is 0 Å². The molecule has 1 heterocycles. The molecule has 2 N–H and O–H groups in total. The molecule has 5 nitrogen and oxygen atoms in total. The van der Waals surface area contributed by atoms with Crippen LogP contribution < -0.4 is 4.72 Å². The van der Waals surface area contributed by atoms with Gasteiger partial charge in [-0.1, -0.05) is 6.07 Å². The van der Waals surface area contributed by atoms with Gasteiger partial charge in [0, 0.05) is 16.3 Å². The Balaban J connectivity index is 2.26. The van der Waals surface area contributed by atoms with E-state index in [1.165, 1.54) is 29.5 Å². The Labute approximate surface area is 127 Å². The molecule has 0 aliphatic carbocycles. The average Bonchev–Trinajstić information content (AvgIpc) is 2.82. The predicted molar refractivity (Wildman–Crippen MR) is 81.2 cm³/mol. The molecule has 21 heavy (non-hydrogen) atoms. The number of benzene rings is 1. The number of aryl methyl sites for hydroxylation is 2. The summed E-state index contributed by atoms with van der Waals surface area (Å²) in [6.07, 6.45) is 0. The lowest BCUT2D eigenvalue weighted by molar-refractivity contribution is 0.0696. The fourth-order valence-corrected chi connectivity index (χ4v) is 4.04. The Morgan fingerprint density at radius 1 is 1.24 bits per heavy atom. The number of aromatic carboxylic acids is 1. The van der Waals surface area contributed by atoms with E-state index < -0.39 is 16.0 Å². The van der Waals surface area contributed by atoms with E-state index in [0.29, 0.717) is 5.56 Å². The summed E-state index contributed by atoms with van der Waals surface area (Å²) in [5, 5.41) is 8.96. The van der Waals surface area contributed by atoms with E-state index in [2.05, 4.69) is 4.72 Å². The first-order chi connectivity index (χ1) is 9.79. The van der Waals surface area contributed by atoms with Crippen LogP contribution in [-0.4, -0.2) is 19.5 Å². The number of carboxylic acids is 1. The number of carboxylic acid groups (broad SMARTS) is 1. The maximum Gasteiger partial charge on any atom is 0.335 e. The fourth-order valence-electron chi connectivity index (χ4n) is 1.85. The fraction of sp³-hybridized carbons (Fsp3) is 0.214. The summed E-state index contributed by atoms with van der Waals surface area (Å²) in [5.74, 6) is -1.15. The first-order valence-corrected chi connectivity index (χ1v) is 8.48. The smallest absolute Gasteiger partial charge is 0.335 e. The first-order valence-electron chi connectivity index (χ1n) is 6.18. The third kappa shape index (κ3) is 3.69. The van der Waals surface area contributed by atoms with Gasteiger partial charge in [-0.25, -0.2) is 17.9 Å². The Hall–Kier alpha value is -1.70. The highest BCUT2D eigenvalue weighted by molar-refractivity contribution is 7.89. The van der Waals surface area contributed by atoms with E-state index in [1.54, 1.807) is 6.92 Å². The minimum absolute atomic E-state index is 0.00400. The van der Waals surface area contributed by atoms with Crippen molar-refractivity contribution in [3.05, 3.63) is 51.2 Å². The Kier molecular flexibility index (Phi) is 4.46. The third-order valence-corrected chi connectivity index (χ3v) is 5.50. The summed E-state index contributed by atoms with van der Waals surface area (Å²) in [4.78, 5) is 13.0. The molecule has 0 spiro atoms. The standard InChI is InChI=1S/C14H15NO4S2/c1-9-3-5-11(14(16)17)7-13(9)21(18,19)15-8-12-6-4-10(2)20-12/h3-7,15H,8H2,1-2H3,(H,16,17). The number of nitrogens with one attached hydrogen (secondary N) is 1. The molecule has 0 saturated carbocycles. The van der Waals surface area contributed by atoms with Crippen molar-refractivity contribution in [3.63, 3.8) is 0 Å². The first kappa shape index (κ1) is 15.7. The number of sulfonamides is 1. The summed E-state index contributed by atoms with van der Waals surface area (Å²) in [6.45, 7) is 3.77. The van der Waals surface area contributed by atoms with Gasteiger partial charge in [-0.05, 0) is 43.7 Å². The van der Waals surface area contributed by atoms with Crippen LogP contribution in [-0.2, 0) is 16.6 Å². The number of hydrogen-bond donors (Lipinski definition) is 2. The summed E-state index contributed by atoms with van der Waals surface area (Å²) < 4.78 is 27.1. The van der Waals surface area contributed by atoms with Crippen LogP contribution >= 0.6 is 11.3 Å². The summed E-state index contributed by atoms with van der Waals surface area (Å²) in [5.41, 5.74) is 0.461. The van der Waals surface area contributed by atoms with Crippen molar-refractivity contribution in [3.8, 4) is 0 Å². The van der Waals surface area contributed by atoms with Crippen LogP contribution in [0.4, 0.5) is 0 Å². The summed E-state index contributed by atoms with van der Waals surface area (Å²) in [6, 6.07) is 7.85. The molecule has 0 atom stereocenters. The number of carbonyl (C=O) groups is 1. The molecule has 2 aromatic rings. The summed E-state index contributed by atoms with van der Waals surface area (Å²) in [7, 11) is -3.74. The normalized spacial score (nSPS) is 11.5. The molecule has 0 radical (unpaired) electrons. The van der Waals surface area contributed by atoms with Gasteiger partial charge in [0.2, 0.25) is 10.0 Å². The van der Waals surface area contributed by atoms with E-state index in [0.717, 1.165) is 9.75 Å². The molecule has 0 amide bonds. The van der Waals surface area contributed by atoms with Gasteiger partial charge in [0.1, 0.15) is 0 Å². The lowest BCUT2D eigenvalue weighted by Crippen LogP contribution is -2.24. The van der Waals surface area contributed by atoms with Gasteiger partial charge in [-0.3, -0.25) is 0 Å². The van der Waals surface area contributed by atoms with Crippen LogP contribution in [0.3, 0.4) is 0 Å². The SMILES string of the molecule is Cc1ccc(CNS(=O)(=O)c2cc(C(=O)O)ccc2C)s1. The van der Waals surface area contributed by atoms with Crippen LogP contribution in [0.2, 0.25) is 0 Å². The molecule has 1 aromatic heterocycles. The van der Waals surface area contributed by atoms with Gasteiger partial charge < -0.3 is 5.11 Å². The van der Waals surface area contributed by atoms with Crippen molar-refractivity contribution < 1.29 is 18.3 Å². The van der Waals surface area contributed by atoms with Gasteiger partial charge in [0.15, 0.2) is 0 Å². The second-order valence-corrected chi connectivity index (χ2v) is 7.73. The van der Waals surface area contributed by atoms with Crippen LogP contribution in [0.5, 0.6) is 0 Å². The Morgan fingerprint density at radius 2 is 1.95 bits per heavy atom. The topological polar surface area (TPSA) is 83.5 Å². The maximum atomic E-state index is 12.3. The average molecular weight is 325 g/mol. The van der Waals surface area contributed by atoms with E-state index in [-0.39, 0.29) is 17.0 Å². The lowest BCUT2D eigenvalue weighted by Gasteiger charge is -2.09. The Morgan fingerprint density at radius 3 is 2.52 bits per heavy atom. The van der Waals surface area contributed by atoms with E-state index in [9.17, 15) is 13.2 Å². The largest absolute Gasteiger partial charge is 0.478 e. The van der Waals surface area contributed by atoms with Crippen molar-refractivity contribution in [1.82, 2.24) is 4.72 Å². The van der Waals surface area contributed by atoms with Crippen LogP contribution in [0, 0.1) is 13.8 Å². The molecule has 0 aliphatic heterocycles. The lowest BCUT2D eigenvalue weighted by atomic mass is 10.1. The molecule has 0 aliphatic rings. The number of rotatable bonds is 5. The third-order valence-electron chi connectivity index (χ3n) is 2.96. The molecule has 1 aromatic carbocycles. The van der Waals surface area contributed by atoms with Gasteiger partial charge in [-0.15, -0.1) is 11.3 Å².